The maximum Gasteiger partial charge on any atom is 0.416 e. The standard InChI is InChI=1S/C21H21F3N2O4S/c22-21(23,24)16-5-7-17(8-6-16)25-11-13-26(14-12-25)31(29,30)20(19(27)28)10-9-15-3-1-2-4-18(15)20/h1-8H,9-14H2,(H,27,28). The summed E-state index contributed by atoms with van der Waals surface area (Å²) in [6, 6.07) is 11.4. The molecule has 1 aliphatic carbocycles. The fourth-order valence-corrected chi connectivity index (χ4v) is 6.59. The molecule has 1 unspecified atom stereocenters. The molecular weight excluding hydrogens is 433 g/mol. The molecule has 2 aromatic rings. The van der Waals surface area contributed by atoms with E-state index in [1.54, 1.807) is 29.2 Å². The number of benzene rings is 2. The zero-order valence-corrected chi connectivity index (χ0v) is 17.3. The number of alkyl halides is 3. The van der Waals surface area contributed by atoms with Crippen LogP contribution in [-0.2, 0) is 32.2 Å². The van der Waals surface area contributed by atoms with Gasteiger partial charge in [0.05, 0.1) is 5.56 Å². The predicted octanol–water partition coefficient (Wildman–Crippen LogP) is 3.08. The lowest BCUT2D eigenvalue weighted by atomic mass is 10.0. The molecule has 1 aliphatic heterocycles. The van der Waals surface area contributed by atoms with Gasteiger partial charge >= 0.3 is 12.1 Å². The average Bonchev–Trinajstić information content (AvgIpc) is 3.15. The van der Waals surface area contributed by atoms with Crippen molar-refractivity contribution in [3.63, 3.8) is 0 Å². The summed E-state index contributed by atoms with van der Waals surface area (Å²) in [6.45, 7) is 0.616. The molecule has 1 saturated heterocycles. The van der Waals surface area contributed by atoms with Gasteiger partial charge in [-0.2, -0.15) is 17.5 Å². The van der Waals surface area contributed by atoms with Crippen molar-refractivity contribution < 1.29 is 31.5 Å². The Morgan fingerprint density at radius 2 is 1.58 bits per heavy atom. The molecule has 1 N–H and O–H groups in total. The fraction of sp³-hybridized carbons (Fsp3) is 0.381. The number of aryl methyl sites for hydroxylation is 1. The van der Waals surface area contributed by atoms with Gasteiger partial charge in [0, 0.05) is 31.9 Å². The molecule has 6 nitrogen and oxygen atoms in total. The molecule has 2 aliphatic rings. The molecule has 0 radical (unpaired) electrons. The van der Waals surface area contributed by atoms with Crippen molar-refractivity contribution in [2.75, 3.05) is 31.1 Å². The van der Waals surface area contributed by atoms with Crippen LogP contribution < -0.4 is 4.90 Å². The van der Waals surface area contributed by atoms with Crippen LogP contribution in [0.15, 0.2) is 48.5 Å². The number of hydrogen-bond donors (Lipinski definition) is 1. The highest BCUT2D eigenvalue weighted by Gasteiger charge is 2.58. The fourth-order valence-electron chi connectivity index (χ4n) is 4.45. The van der Waals surface area contributed by atoms with E-state index in [4.69, 9.17) is 0 Å². The van der Waals surface area contributed by atoms with Crippen LogP contribution in [0.4, 0.5) is 18.9 Å². The number of hydrogen-bond acceptors (Lipinski definition) is 4. The second kappa shape index (κ2) is 7.52. The number of carbonyl (C=O) groups is 1. The molecule has 166 valence electrons. The number of carboxylic acid groups (broad SMARTS) is 1. The summed E-state index contributed by atoms with van der Waals surface area (Å²) in [6.07, 6.45) is -4.08. The van der Waals surface area contributed by atoms with Crippen molar-refractivity contribution in [1.82, 2.24) is 4.31 Å². The molecule has 0 bridgehead atoms. The lowest BCUT2D eigenvalue weighted by molar-refractivity contribution is -0.140. The monoisotopic (exact) mass is 454 g/mol. The van der Waals surface area contributed by atoms with Gasteiger partial charge in [0.25, 0.3) is 0 Å². The van der Waals surface area contributed by atoms with Crippen LogP contribution >= 0.6 is 0 Å². The van der Waals surface area contributed by atoms with Gasteiger partial charge in [-0.1, -0.05) is 24.3 Å². The Kier molecular flexibility index (Phi) is 5.25. The molecule has 0 amide bonds. The molecule has 0 spiro atoms. The first kappa shape index (κ1) is 21.6. The van der Waals surface area contributed by atoms with Gasteiger partial charge in [-0.3, -0.25) is 4.79 Å². The first-order chi connectivity index (χ1) is 14.6. The maximum atomic E-state index is 13.5. The van der Waals surface area contributed by atoms with Crippen molar-refractivity contribution in [2.45, 2.75) is 23.8 Å². The molecule has 0 aromatic heterocycles. The Morgan fingerprint density at radius 1 is 0.968 bits per heavy atom. The zero-order valence-electron chi connectivity index (χ0n) is 16.5. The summed E-state index contributed by atoms with van der Waals surface area (Å²) in [5, 5.41) is 9.99. The lowest BCUT2D eigenvalue weighted by Crippen LogP contribution is -2.56. The molecular formula is C21H21F3N2O4S. The highest BCUT2D eigenvalue weighted by molar-refractivity contribution is 7.90. The molecule has 1 atom stereocenters. The van der Waals surface area contributed by atoms with Crippen molar-refractivity contribution >= 4 is 21.7 Å². The van der Waals surface area contributed by atoms with Crippen LogP contribution in [0.1, 0.15) is 23.1 Å². The molecule has 1 heterocycles. The quantitative estimate of drug-likeness (QED) is 0.768. The minimum atomic E-state index is -4.42. The van der Waals surface area contributed by atoms with Gasteiger partial charge in [0.2, 0.25) is 14.8 Å². The van der Waals surface area contributed by atoms with Crippen molar-refractivity contribution in [1.29, 1.82) is 0 Å². The first-order valence-electron chi connectivity index (χ1n) is 9.81. The smallest absolute Gasteiger partial charge is 0.416 e. The molecule has 0 saturated carbocycles. The van der Waals surface area contributed by atoms with E-state index in [0.717, 1.165) is 17.7 Å². The Balaban J connectivity index is 1.55. The van der Waals surface area contributed by atoms with Crippen LogP contribution in [0.5, 0.6) is 0 Å². The van der Waals surface area contributed by atoms with Gasteiger partial charge in [-0.25, -0.2) is 8.42 Å². The van der Waals surface area contributed by atoms with Gasteiger partial charge in [0.15, 0.2) is 0 Å². The Labute approximate surface area is 177 Å². The summed E-state index contributed by atoms with van der Waals surface area (Å²) < 4.78 is 64.5. The second-order valence-electron chi connectivity index (χ2n) is 7.73. The van der Waals surface area contributed by atoms with Gasteiger partial charge in [-0.15, -0.1) is 0 Å². The van der Waals surface area contributed by atoms with E-state index in [2.05, 4.69) is 0 Å². The van der Waals surface area contributed by atoms with Crippen LogP contribution in [0.2, 0.25) is 0 Å². The topological polar surface area (TPSA) is 77.9 Å². The van der Waals surface area contributed by atoms with Crippen LogP contribution in [0.3, 0.4) is 0 Å². The van der Waals surface area contributed by atoms with Crippen LogP contribution in [0, 0.1) is 0 Å². The van der Waals surface area contributed by atoms with E-state index in [1.807, 2.05) is 0 Å². The number of halogens is 3. The first-order valence-corrected chi connectivity index (χ1v) is 11.2. The second-order valence-corrected chi connectivity index (χ2v) is 9.89. The normalized spacial score (nSPS) is 22.4. The molecule has 1 fully saturated rings. The van der Waals surface area contributed by atoms with E-state index >= 15 is 0 Å². The largest absolute Gasteiger partial charge is 0.480 e. The lowest BCUT2D eigenvalue weighted by Gasteiger charge is -2.39. The summed E-state index contributed by atoms with van der Waals surface area (Å²) in [7, 11) is -4.21. The van der Waals surface area contributed by atoms with Gasteiger partial charge < -0.3 is 10.0 Å². The van der Waals surface area contributed by atoms with E-state index in [1.165, 1.54) is 16.4 Å². The summed E-state index contributed by atoms with van der Waals surface area (Å²) in [5.41, 5.74) is 0.842. The third-order valence-corrected chi connectivity index (χ3v) is 8.65. The highest BCUT2D eigenvalue weighted by Crippen LogP contribution is 2.45. The maximum absolute atomic E-state index is 13.5. The zero-order chi connectivity index (χ0) is 22.4. The van der Waals surface area contributed by atoms with E-state index < -0.39 is 32.5 Å². The van der Waals surface area contributed by atoms with Crippen LogP contribution in [-0.4, -0.2) is 50.0 Å². The van der Waals surface area contributed by atoms with Crippen molar-refractivity contribution in [3.05, 3.63) is 65.2 Å². The minimum Gasteiger partial charge on any atom is -0.480 e. The number of anilines is 1. The molecule has 4 rings (SSSR count). The van der Waals surface area contributed by atoms with Crippen LogP contribution in [0.25, 0.3) is 0 Å². The third-order valence-electron chi connectivity index (χ3n) is 6.12. The number of sulfonamides is 1. The number of aliphatic carboxylic acids is 1. The van der Waals surface area contributed by atoms with E-state index in [9.17, 15) is 31.5 Å². The predicted molar refractivity (Wildman–Crippen MR) is 108 cm³/mol. The third kappa shape index (κ3) is 3.47. The summed E-state index contributed by atoms with van der Waals surface area (Å²) in [4.78, 5) is 14.1. The SMILES string of the molecule is O=C(O)C1(S(=O)(=O)N2CCN(c3ccc(C(F)(F)F)cc3)CC2)CCc2ccccc21. The van der Waals surface area contributed by atoms with Gasteiger partial charge in [0.1, 0.15) is 0 Å². The Hall–Kier alpha value is -2.59. The number of rotatable bonds is 4. The van der Waals surface area contributed by atoms with Gasteiger partial charge in [-0.05, 0) is 48.2 Å². The molecule has 10 heteroatoms. The van der Waals surface area contributed by atoms with E-state index in [-0.39, 0.29) is 32.6 Å². The molecule has 31 heavy (non-hydrogen) atoms. The number of nitrogens with zero attached hydrogens (tertiary/aromatic N) is 2. The Bertz CT molecular complexity index is 1090. The van der Waals surface area contributed by atoms with E-state index in [0.29, 0.717) is 17.7 Å². The number of carboxylic acids is 1. The minimum absolute atomic E-state index is 0.0247. The Morgan fingerprint density at radius 3 is 2.16 bits per heavy atom. The van der Waals surface area contributed by atoms with Crippen molar-refractivity contribution in [2.24, 2.45) is 0 Å². The summed E-state index contributed by atoms with van der Waals surface area (Å²) in [5.74, 6) is -1.39. The number of piperazine rings is 1. The highest BCUT2D eigenvalue weighted by atomic mass is 32.2. The summed E-state index contributed by atoms with van der Waals surface area (Å²) >= 11 is 0. The number of fused-ring (bicyclic) bond motifs is 1. The average molecular weight is 454 g/mol. The van der Waals surface area contributed by atoms with Crippen molar-refractivity contribution in [3.8, 4) is 0 Å². The molecule has 2 aromatic carbocycles.